The molecule has 0 saturated carbocycles. The zero-order valence-electron chi connectivity index (χ0n) is 13.2. The van der Waals surface area contributed by atoms with Crippen LogP contribution >= 0.6 is 0 Å². The molecular formula is C17H18N4O3. The zero-order chi connectivity index (χ0) is 17.1. The highest BCUT2D eigenvalue weighted by atomic mass is 16.3. The van der Waals surface area contributed by atoms with Crippen molar-refractivity contribution in [1.82, 2.24) is 20.2 Å². The minimum Gasteiger partial charge on any atom is -0.506 e. The van der Waals surface area contributed by atoms with Gasteiger partial charge in [0.05, 0.1) is 17.8 Å². The van der Waals surface area contributed by atoms with Gasteiger partial charge in [-0.15, -0.1) is 0 Å². The molecule has 1 saturated heterocycles. The summed E-state index contributed by atoms with van der Waals surface area (Å²) in [6.07, 6.45) is 6.42. The van der Waals surface area contributed by atoms with Gasteiger partial charge in [-0.25, -0.2) is 0 Å². The van der Waals surface area contributed by atoms with E-state index in [9.17, 15) is 14.7 Å². The van der Waals surface area contributed by atoms with Gasteiger partial charge in [-0.2, -0.15) is 0 Å². The van der Waals surface area contributed by atoms with Crippen LogP contribution in [-0.2, 0) is 4.79 Å². The quantitative estimate of drug-likeness (QED) is 0.878. The predicted molar refractivity (Wildman–Crippen MR) is 86.1 cm³/mol. The summed E-state index contributed by atoms with van der Waals surface area (Å²) in [5.74, 6) is -0.365. The van der Waals surface area contributed by atoms with Gasteiger partial charge in [-0.05, 0) is 23.8 Å². The van der Waals surface area contributed by atoms with E-state index in [0.29, 0.717) is 13.0 Å². The molecule has 7 nitrogen and oxygen atoms in total. The second-order valence-electron chi connectivity index (χ2n) is 5.84. The van der Waals surface area contributed by atoms with Crippen molar-refractivity contribution in [1.29, 1.82) is 0 Å². The Morgan fingerprint density at radius 1 is 1.33 bits per heavy atom. The number of pyridine rings is 2. The van der Waals surface area contributed by atoms with Crippen molar-refractivity contribution >= 4 is 11.8 Å². The lowest BCUT2D eigenvalue weighted by Gasteiger charge is -2.25. The second-order valence-corrected chi connectivity index (χ2v) is 5.84. The predicted octanol–water partition coefficient (Wildman–Crippen LogP) is 1.13. The van der Waals surface area contributed by atoms with Gasteiger partial charge in [0.1, 0.15) is 5.75 Å². The van der Waals surface area contributed by atoms with Crippen molar-refractivity contribution in [3.63, 3.8) is 0 Å². The zero-order valence-corrected chi connectivity index (χ0v) is 13.2. The summed E-state index contributed by atoms with van der Waals surface area (Å²) in [4.78, 5) is 33.8. The summed E-state index contributed by atoms with van der Waals surface area (Å²) in [6, 6.07) is 5.03. The van der Waals surface area contributed by atoms with Gasteiger partial charge < -0.3 is 15.3 Å². The molecular weight excluding hydrogens is 308 g/mol. The van der Waals surface area contributed by atoms with Crippen molar-refractivity contribution in [3.8, 4) is 5.75 Å². The number of amides is 2. The summed E-state index contributed by atoms with van der Waals surface area (Å²) in [5.41, 5.74) is 1.28. The Labute approximate surface area is 139 Å². The Hall–Kier alpha value is -2.96. The van der Waals surface area contributed by atoms with Crippen LogP contribution in [0.2, 0.25) is 0 Å². The third kappa shape index (κ3) is 3.19. The van der Waals surface area contributed by atoms with E-state index >= 15 is 0 Å². The molecule has 2 aromatic heterocycles. The van der Waals surface area contributed by atoms with E-state index in [1.165, 1.54) is 18.5 Å². The third-order valence-electron chi connectivity index (χ3n) is 4.25. The highest BCUT2D eigenvalue weighted by molar-refractivity contribution is 5.94. The molecule has 1 aliphatic heterocycles. The number of carbonyl (C=O) groups is 2. The molecule has 2 amide bonds. The molecule has 1 fully saturated rings. The fourth-order valence-corrected chi connectivity index (χ4v) is 3.07. The van der Waals surface area contributed by atoms with Crippen LogP contribution in [0.25, 0.3) is 0 Å². The fourth-order valence-electron chi connectivity index (χ4n) is 3.07. The van der Waals surface area contributed by atoms with E-state index in [1.54, 1.807) is 24.3 Å². The van der Waals surface area contributed by atoms with Crippen LogP contribution < -0.4 is 5.32 Å². The van der Waals surface area contributed by atoms with E-state index in [0.717, 1.165) is 5.56 Å². The molecule has 3 rings (SSSR count). The summed E-state index contributed by atoms with van der Waals surface area (Å²) in [7, 11) is 1.77. The van der Waals surface area contributed by atoms with Crippen molar-refractivity contribution in [2.75, 3.05) is 13.6 Å². The number of hydrogen-bond donors (Lipinski definition) is 2. The molecule has 0 bridgehead atoms. The average Bonchev–Trinajstić information content (AvgIpc) is 2.88. The van der Waals surface area contributed by atoms with Crippen LogP contribution in [0.4, 0.5) is 0 Å². The molecule has 2 aromatic rings. The Morgan fingerprint density at radius 2 is 2.08 bits per heavy atom. The number of hydrogen-bond acceptors (Lipinski definition) is 5. The first-order valence-corrected chi connectivity index (χ1v) is 7.64. The first-order chi connectivity index (χ1) is 11.6. The molecule has 0 spiro atoms. The molecule has 2 N–H and O–H groups in total. The van der Waals surface area contributed by atoms with Crippen LogP contribution in [0, 0.1) is 5.92 Å². The molecule has 124 valence electrons. The molecule has 0 radical (unpaired) electrons. The van der Waals surface area contributed by atoms with Crippen LogP contribution in [0.1, 0.15) is 28.4 Å². The van der Waals surface area contributed by atoms with E-state index in [2.05, 4.69) is 15.3 Å². The van der Waals surface area contributed by atoms with Gasteiger partial charge in [0.2, 0.25) is 5.91 Å². The van der Waals surface area contributed by atoms with E-state index in [-0.39, 0.29) is 35.1 Å². The topological polar surface area (TPSA) is 95.4 Å². The lowest BCUT2D eigenvalue weighted by atomic mass is 9.94. The summed E-state index contributed by atoms with van der Waals surface area (Å²) in [5, 5.41) is 12.2. The fraction of sp³-hybridized carbons (Fsp3) is 0.294. The number of carbonyl (C=O) groups excluding carboxylic acids is 2. The minimum atomic E-state index is -0.325. The molecule has 2 atom stereocenters. The van der Waals surface area contributed by atoms with Gasteiger partial charge in [0, 0.05) is 44.5 Å². The number of rotatable bonds is 4. The van der Waals surface area contributed by atoms with Crippen LogP contribution in [0.3, 0.4) is 0 Å². The number of nitrogens with zero attached hydrogens (tertiary/aromatic N) is 3. The van der Waals surface area contributed by atoms with Gasteiger partial charge in [-0.1, -0.05) is 0 Å². The minimum absolute atomic E-state index is 0.0286. The van der Waals surface area contributed by atoms with Crippen LogP contribution in [0.5, 0.6) is 5.75 Å². The largest absolute Gasteiger partial charge is 0.506 e. The maximum Gasteiger partial charge on any atom is 0.252 e. The highest BCUT2D eigenvalue weighted by Crippen LogP contribution is 2.36. The normalized spacial score (nSPS) is 20.2. The van der Waals surface area contributed by atoms with Crippen molar-refractivity contribution < 1.29 is 14.7 Å². The molecule has 1 aliphatic rings. The van der Waals surface area contributed by atoms with Gasteiger partial charge >= 0.3 is 0 Å². The maximum absolute atomic E-state index is 12.2. The summed E-state index contributed by atoms with van der Waals surface area (Å²) in [6.45, 7) is 0.359. The smallest absolute Gasteiger partial charge is 0.252 e. The first kappa shape index (κ1) is 15.9. The first-order valence-electron chi connectivity index (χ1n) is 7.64. The summed E-state index contributed by atoms with van der Waals surface area (Å²) >= 11 is 0. The molecule has 0 aliphatic carbocycles. The Kier molecular flexibility index (Phi) is 4.41. The third-order valence-corrected chi connectivity index (χ3v) is 4.25. The number of aromatic nitrogens is 2. The number of aromatic hydroxyl groups is 1. The Balaban J connectivity index is 1.71. The number of nitrogens with one attached hydrogen (secondary N) is 1. The van der Waals surface area contributed by atoms with Crippen molar-refractivity contribution in [3.05, 3.63) is 54.1 Å². The average molecular weight is 326 g/mol. The van der Waals surface area contributed by atoms with Crippen molar-refractivity contribution in [2.24, 2.45) is 5.92 Å². The SMILES string of the molecule is CN1C(=O)C[C@@H](CNC(=O)c2cncc(O)c2)[C@@H]1c1ccncc1. The van der Waals surface area contributed by atoms with E-state index in [1.807, 2.05) is 12.1 Å². The van der Waals surface area contributed by atoms with E-state index in [4.69, 9.17) is 0 Å². The van der Waals surface area contributed by atoms with E-state index < -0.39 is 0 Å². The molecule has 7 heteroatoms. The second kappa shape index (κ2) is 6.66. The Morgan fingerprint density at radius 3 is 2.79 bits per heavy atom. The lowest BCUT2D eigenvalue weighted by Crippen LogP contribution is -2.32. The van der Waals surface area contributed by atoms with Crippen LogP contribution in [-0.4, -0.2) is 45.4 Å². The highest BCUT2D eigenvalue weighted by Gasteiger charge is 2.38. The summed E-state index contributed by atoms with van der Waals surface area (Å²) < 4.78 is 0. The molecule has 24 heavy (non-hydrogen) atoms. The van der Waals surface area contributed by atoms with Gasteiger partial charge in [-0.3, -0.25) is 19.6 Å². The monoisotopic (exact) mass is 326 g/mol. The Bertz CT molecular complexity index is 751. The van der Waals surface area contributed by atoms with Crippen LogP contribution in [0.15, 0.2) is 43.0 Å². The maximum atomic E-state index is 12.2. The van der Waals surface area contributed by atoms with Crippen molar-refractivity contribution in [2.45, 2.75) is 12.5 Å². The molecule has 0 unspecified atom stereocenters. The molecule has 0 aromatic carbocycles. The standard InChI is InChI=1S/C17H18N4O3/c1-21-15(23)7-12(16(21)11-2-4-18-5-3-11)9-20-17(24)13-6-14(22)10-19-8-13/h2-6,8,10,12,16,22H,7,9H2,1H3,(H,20,24)/t12-,16-/m0/s1. The van der Waals surface area contributed by atoms with Gasteiger partial charge in [0.15, 0.2) is 0 Å². The van der Waals surface area contributed by atoms with Gasteiger partial charge in [0.25, 0.3) is 5.91 Å². The number of likely N-dealkylation sites (tertiary alicyclic amines) is 1. The molecule has 3 heterocycles. The lowest BCUT2D eigenvalue weighted by molar-refractivity contribution is -0.127.